The second-order valence-electron chi connectivity index (χ2n) is 7.79. The number of amides is 1. The molecule has 5 rings (SSSR count). The molecule has 0 radical (unpaired) electrons. The molecule has 1 amide bonds. The van der Waals surface area contributed by atoms with Crippen LogP contribution in [0.3, 0.4) is 0 Å². The molecule has 0 aliphatic carbocycles. The van der Waals surface area contributed by atoms with Gasteiger partial charge < -0.3 is 14.3 Å². The average molecular weight is 473 g/mol. The number of rotatable bonds is 7. The Kier molecular flexibility index (Phi) is 5.51. The van der Waals surface area contributed by atoms with E-state index in [4.69, 9.17) is 9.15 Å². The molecular formula is C26H20N2O5S. The molecule has 170 valence electrons. The molecule has 1 unspecified atom stereocenters. The molecule has 1 atom stereocenters. The van der Waals surface area contributed by atoms with Crippen molar-refractivity contribution in [2.24, 2.45) is 0 Å². The fourth-order valence-electron chi connectivity index (χ4n) is 3.94. The van der Waals surface area contributed by atoms with Crippen LogP contribution in [0.15, 0.2) is 89.3 Å². The second kappa shape index (κ2) is 8.64. The molecule has 2 aromatic carbocycles. The molecule has 0 bridgehead atoms. The van der Waals surface area contributed by atoms with Gasteiger partial charge in [0.2, 0.25) is 5.78 Å². The number of benzene rings is 2. The number of hydrogen-bond acceptors (Lipinski definition) is 7. The van der Waals surface area contributed by atoms with E-state index in [-0.39, 0.29) is 11.3 Å². The normalized spacial score (nSPS) is 15.9. The second-order valence-corrected chi connectivity index (χ2v) is 8.80. The third kappa shape index (κ3) is 3.68. The number of nitrogens with zero attached hydrogens (tertiary/aromatic N) is 2. The van der Waals surface area contributed by atoms with Crippen LogP contribution in [0.25, 0.3) is 10.2 Å². The smallest absolute Gasteiger partial charge is 0.296 e. The molecule has 4 aromatic rings. The zero-order valence-corrected chi connectivity index (χ0v) is 19.0. The first kappa shape index (κ1) is 21.7. The van der Waals surface area contributed by atoms with E-state index in [1.54, 1.807) is 36.4 Å². The first-order valence-corrected chi connectivity index (χ1v) is 11.4. The molecule has 1 N–H and O–H groups in total. The van der Waals surface area contributed by atoms with Crippen molar-refractivity contribution in [3.8, 4) is 5.75 Å². The van der Waals surface area contributed by atoms with Crippen molar-refractivity contribution < 1.29 is 23.8 Å². The maximum Gasteiger partial charge on any atom is 0.296 e. The molecule has 0 spiro atoms. The molecule has 0 saturated carbocycles. The van der Waals surface area contributed by atoms with Crippen molar-refractivity contribution in [2.75, 3.05) is 11.5 Å². The van der Waals surface area contributed by atoms with Crippen molar-refractivity contribution in [2.45, 2.75) is 13.0 Å². The molecule has 0 fully saturated rings. The number of carbonyl (C=O) groups is 2. The number of aliphatic hydroxyl groups excluding tert-OH is 1. The lowest BCUT2D eigenvalue weighted by atomic mass is 9.95. The number of aromatic nitrogens is 1. The van der Waals surface area contributed by atoms with Gasteiger partial charge in [-0.2, -0.15) is 0 Å². The van der Waals surface area contributed by atoms with Crippen LogP contribution in [0.2, 0.25) is 0 Å². The minimum absolute atomic E-state index is 0.0280. The van der Waals surface area contributed by atoms with Gasteiger partial charge in [0.05, 0.1) is 28.1 Å². The summed E-state index contributed by atoms with van der Waals surface area (Å²) < 4.78 is 11.8. The maximum absolute atomic E-state index is 13.3. The predicted molar refractivity (Wildman–Crippen MR) is 129 cm³/mol. The van der Waals surface area contributed by atoms with Crippen LogP contribution in [0.1, 0.15) is 27.7 Å². The number of aryl methyl sites for hydroxylation is 1. The summed E-state index contributed by atoms with van der Waals surface area (Å²) in [7, 11) is 0. The van der Waals surface area contributed by atoms with Gasteiger partial charge in [0.15, 0.2) is 16.7 Å². The SMILES string of the molecule is C=CCOc1cccc(C2C(C(=O)c3ccco3)=C(O)C(=O)N2c2nc3ccc(C)cc3s2)c1. The zero-order valence-electron chi connectivity index (χ0n) is 18.2. The van der Waals surface area contributed by atoms with Crippen LogP contribution in [0.5, 0.6) is 5.75 Å². The van der Waals surface area contributed by atoms with Gasteiger partial charge in [0.25, 0.3) is 5.91 Å². The molecule has 3 heterocycles. The molecule has 1 aliphatic heterocycles. The highest BCUT2D eigenvalue weighted by atomic mass is 32.1. The van der Waals surface area contributed by atoms with Gasteiger partial charge in [-0.15, -0.1) is 0 Å². The van der Waals surface area contributed by atoms with Crippen molar-refractivity contribution in [1.82, 2.24) is 4.98 Å². The van der Waals surface area contributed by atoms with E-state index >= 15 is 0 Å². The number of Topliss-reactive ketones (excluding diaryl/α,β-unsaturated/α-hetero) is 1. The highest BCUT2D eigenvalue weighted by Gasteiger charge is 2.46. The molecule has 8 heteroatoms. The molecule has 0 saturated heterocycles. The highest BCUT2D eigenvalue weighted by Crippen LogP contribution is 2.44. The van der Waals surface area contributed by atoms with E-state index in [1.807, 2.05) is 25.1 Å². The Labute approximate surface area is 199 Å². The summed E-state index contributed by atoms with van der Waals surface area (Å²) in [5, 5.41) is 11.3. The van der Waals surface area contributed by atoms with E-state index in [2.05, 4.69) is 11.6 Å². The number of anilines is 1. The highest BCUT2D eigenvalue weighted by molar-refractivity contribution is 7.22. The average Bonchev–Trinajstić information content (AvgIpc) is 3.56. The first-order chi connectivity index (χ1) is 16.5. The van der Waals surface area contributed by atoms with E-state index < -0.39 is 23.5 Å². The molecule has 34 heavy (non-hydrogen) atoms. The molecule has 7 nitrogen and oxygen atoms in total. The van der Waals surface area contributed by atoms with Gasteiger partial charge >= 0.3 is 0 Å². The Morgan fingerprint density at radius 2 is 2.12 bits per heavy atom. The summed E-state index contributed by atoms with van der Waals surface area (Å²) >= 11 is 1.32. The van der Waals surface area contributed by atoms with E-state index in [1.165, 1.54) is 28.6 Å². The van der Waals surface area contributed by atoms with Crippen molar-refractivity contribution in [3.05, 3.63) is 102 Å². The van der Waals surface area contributed by atoms with Crippen LogP contribution < -0.4 is 9.64 Å². The number of thiazole rings is 1. The Morgan fingerprint density at radius 3 is 2.88 bits per heavy atom. The first-order valence-electron chi connectivity index (χ1n) is 10.5. The Hall–Kier alpha value is -4.17. The largest absolute Gasteiger partial charge is 0.503 e. The summed E-state index contributed by atoms with van der Waals surface area (Å²) in [4.78, 5) is 32.7. The van der Waals surface area contributed by atoms with Crippen LogP contribution >= 0.6 is 11.3 Å². The van der Waals surface area contributed by atoms with E-state index in [0.717, 1.165) is 15.8 Å². The van der Waals surface area contributed by atoms with Crippen molar-refractivity contribution in [3.63, 3.8) is 0 Å². The lowest BCUT2D eigenvalue weighted by Gasteiger charge is -2.24. The summed E-state index contributed by atoms with van der Waals surface area (Å²) in [6, 6.07) is 15.0. The number of ketones is 1. The molecule has 2 aromatic heterocycles. The maximum atomic E-state index is 13.3. The van der Waals surface area contributed by atoms with Crippen molar-refractivity contribution in [1.29, 1.82) is 0 Å². The zero-order chi connectivity index (χ0) is 23.8. The number of furan rings is 1. The third-order valence-corrected chi connectivity index (χ3v) is 6.50. The predicted octanol–water partition coefficient (Wildman–Crippen LogP) is 5.55. The number of carbonyl (C=O) groups excluding carboxylic acids is 2. The fraction of sp³-hybridized carbons (Fsp3) is 0.115. The minimum Gasteiger partial charge on any atom is -0.503 e. The fourth-order valence-corrected chi connectivity index (χ4v) is 5.03. The van der Waals surface area contributed by atoms with Crippen LogP contribution in [-0.4, -0.2) is 28.4 Å². The summed E-state index contributed by atoms with van der Waals surface area (Å²) in [5.74, 6) is -1.33. The van der Waals surface area contributed by atoms with Crippen LogP contribution in [-0.2, 0) is 4.79 Å². The van der Waals surface area contributed by atoms with Crippen LogP contribution in [0, 0.1) is 6.92 Å². The number of hydrogen-bond donors (Lipinski definition) is 1. The van der Waals surface area contributed by atoms with Gasteiger partial charge in [-0.1, -0.05) is 42.2 Å². The standard InChI is InChI=1S/C26H20N2O5S/c1-3-11-32-17-7-4-6-16(14-17)22-21(23(29)19-8-5-12-33-19)24(30)25(31)28(22)26-27-18-10-9-15(2)13-20(18)34-26/h3-10,12-14,22,30H,1,11H2,2H3. The lowest BCUT2D eigenvalue weighted by molar-refractivity contribution is -0.117. The van der Waals surface area contributed by atoms with Gasteiger partial charge in [-0.05, 0) is 54.4 Å². The Bertz CT molecular complexity index is 1450. The van der Waals surface area contributed by atoms with Gasteiger partial charge in [-0.25, -0.2) is 4.98 Å². The summed E-state index contributed by atoms with van der Waals surface area (Å²) in [6.45, 7) is 5.93. The molecule has 1 aliphatic rings. The summed E-state index contributed by atoms with van der Waals surface area (Å²) in [6.07, 6.45) is 2.99. The van der Waals surface area contributed by atoms with Crippen molar-refractivity contribution >= 4 is 38.4 Å². The topological polar surface area (TPSA) is 92.9 Å². The minimum atomic E-state index is -0.918. The summed E-state index contributed by atoms with van der Waals surface area (Å²) in [5.41, 5.74) is 2.31. The molecular weight excluding hydrogens is 452 g/mol. The van der Waals surface area contributed by atoms with E-state index in [9.17, 15) is 14.7 Å². The number of ether oxygens (including phenoxy) is 1. The van der Waals surface area contributed by atoms with Gasteiger partial charge in [0.1, 0.15) is 12.4 Å². The number of aliphatic hydroxyl groups is 1. The van der Waals surface area contributed by atoms with Gasteiger partial charge in [0, 0.05) is 0 Å². The Balaban J connectivity index is 1.66. The Morgan fingerprint density at radius 1 is 1.26 bits per heavy atom. The quantitative estimate of drug-likeness (QED) is 0.280. The van der Waals surface area contributed by atoms with E-state index in [0.29, 0.717) is 23.1 Å². The lowest BCUT2D eigenvalue weighted by Crippen LogP contribution is -2.31. The third-order valence-electron chi connectivity index (χ3n) is 5.48. The monoisotopic (exact) mass is 472 g/mol. The van der Waals surface area contributed by atoms with Crippen LogP contribution in [0.4, 0.5) is 5.13 Å². The number of fused-ring (bicyclic) bond motifs is 1. The van der Waals surface area contributed by atoms with Gasteiger partial charge in [-0.3, -0.25) is 14.5 Å².